The van der Waals surface area contributed by atoms with Crippen molar-refractivity contribution in [2.24, 2.45) is 7.05 Å². The Balaban J connectivity index is 3.34. The van der Waals surface area contributed by atoms with E-state index >= 15 is 0 Å². The van der Waals surface area contributed by atoms with E-state index < -0.39 is 0 Å². The highest BCUT2D eigenvalue weighted by Gasteiger charge is 1.89. The number of hydrogen-bond donors (Lipinski definition) is 0. The molecule has 1 rings (SSSR count). The first kappa shape index (κ1) is 5.94. The lowest BCUT2D eigenvalue weighted by molar-refractivity contribution is 0.666. The number of hydrogen-bond acceptors (Lipinski definition) is 3. The SMILES string of the molecule is Cc1cnn(C)c(=O)n1. The van der Waals surface area contributed by atoms with Crippen LogP contribution < -0.4 is 5.69 Å². The highest BCUT2D eigenvalue weighted by atomic mass is 16.1. The van der Waals surface area contributed by atoms with E-state index in [0.29, 0.717) is 5.69 Å². The number of aromatic nitrogens is 3. The van der Waals surface area contributed by atoms with Crippen molar-refractivity contribution in [2.45, 2.75) is 6.92 Å². The van der Waals surface area contributed by atoms with Gasteiger partial charge in [-0.25, -0.2) is 9.48 Å². The summed E-state index contributed by atoms with van der Waals surface area (Å²) in [4.78, 5) is 14.2. The van der Waals surface area contributed by atoms with Crippen LogP contribution in [0.15, 0.2) is 11.0 Å². The third-order valence-electron chi connectivity index (χ3n) is 0.967. The molecule has 0 bridgehead atoms. The first-order chi connectivity index (χ1) is 4.20. The Bertz CT molecular complexity index is 265. The standard InChI is InChI=1S/C5H7N3O/c1-4-3-6-8(2)5(9)7-4/h3H,1-2H3. The molecule has 0 saturated heterocycles. The molecule has 9 heavy (non-hydrogen) atoms. The highest BCUT2D eigenvalue weighted by Crippen LogP contribution is 1.77. The molecule has 0 aliphatic carbocycles. The molecule has 1 aromatic heterocycles. The van der Waals surface area contributed by atoms with Crippen molar-refractivity contribution in [3.63, 3.8) is 0 Å². The van der Waals surface area contributed by atoms with Crippen molar-refractivity contribution in [3.8, 4) is 0 Å². The maximum Gasteiger partial charge on any atom is 0.363 e. The molecular weight excluding hydrogens is 118 g/mol. The van der Waals surface area contributed by atoms with Gasteiger partial charge in [0.1, 0.15) is 0 Å². The second-order valence-corrected chi connectivity index (χ2v) is 1.80. The van der Waals surface area contributed by atoms with Crippen LogP contribution >= 0.6 is 0 Å². The molecule has 0 amide bonds. The molecular formula is C5H7N3O. The van der Waals surface area contributed by atoms with E-state index in [0.717, 1.165) is 0 Å². The van der Waals surface area contributed by atoms with Crippen molar-refractivity contribution < 1.29 is 0 Å². The monoisotopic (exact) mass is 125 g/mol. The van der Waals surface area contributed by atoms with Gasteiger partial charge in [0.2, 0.25) is 0 Å². The third kappa shape index (κ3) is 1.13. The van der Waals surface area contributed by atoms with Gasteiger partial charge >= 0.3 is 5.69 Å². The van der Waals surface area contributed by atoms with E-state index in [4.69, 9.17) is 0 Å². The van der Waals surface area contributed by atoms with E-state index in [1.807, 2.05) is 0 Å². The Labute approximate surface area is 52.2 Å². The van der Waals surface area contributed by atoms with Gasteiger partial charge in [-0.3, -0.25) is 0 Å². The largest absolute Gasteiger partial charge is 0.363 e. The number of nitrogens with zero attached hydrogens (tertiary/aromatic N) is 3. The number of rotatable bonds is 0. The molecule has 4 heteroatoms. The Morgan fingerprint density at radius 1 is 1.67 bits per heavy atom. The summed E-state index contributed by atoms with van der Waals surface area (Å²) in [7, 11) is 1.56. The molecule has 0 N–H and O–H groups in total. The summed E-state index contributed by atoms with van der Waals surface area (Å²) in [6, 6.07) is 0. The number of aryl methyl sites for hydroxylation is 2. The topological polar surface area (TPSA) is 47.8 Å². The summed E-state index contributed by atoms with van der Waals surface area (Å²) >= 11 is 0. The fraction of sp³-hybridized carbons (Fsp3) is 0.400. The van der Waals surface area contributed by atoms with Crippen LogP contribution in [0, 0.1) is 6.92 Å². The van der Waals surface area contributed by atoms with Crippen molar-refractivity contribution in [3.05, 3.63) is 22.4 Å². The van der Waals surface area contributed by atoms with Gasteiger partial charge in [0.25, 0.3) is 0 Å². The van der Waals surface area contributed by atoms with Crippen LogP contribution in [0.3, 0.4) is 0 Å². The average molecular weight is 125 g/mol. The minimum atomic E-state index is -0.310. The van der Waals surface area contributed by atoms with Gasteiger partial charge in [0.05, 0.1) is 11.9 Å². The minimum Gasteiger partial charge on any atom is -0.244 e. The van der Waals surface area contributed by atoms with Gasteiger partial charge in [0.15, 0.2) is 0 Å². The highest BCUT2D eigenvalue weighted by molar-refractivity contribution is 4.85. The summed E-state index contributed by atoms with van der Waals surface area (Å²) in [5, 5.41) is 3.72. The van der Waals surface area contributed by atoms with Crippen LogP contribution in [-0.4, -0.2) is 14.8 Å². The molecule has 0 aromatic carbocycles. The molecule has 0 aliphatic rings. The van der Waals surface area contributed by atoms with E-state index in [9.17, 15) is 4.79 Å². The van der Waals surface area contributed by atoms with Crippen molar-refractivity contribution in [2.75, 3.05) is 0 Å². The molecule has 0 atom stereocenters. The molecule has 0 aliphatic heterocycles. The molecule has 0 spiro atoms. The first-order valence-electron chi connectivity index (χ1n) is 2.57. The Morgan fingerprint density at radius 2 is 2.33 bits per heavy atom. The molecule has 0 fully saturated rings. The molecule has 48 valence electrons. The normalized spacial score (nSPS) is 9.56. The van der Waals surface area contributed by atoms with Gasteiger partial charge in [0, 0.05) is 7.05 Å². The van der Waals surface area contributed by atoms with Crippen LogP contribution in [-0.2, 0) is 7.05 Å². The zero-order valence-electron chi connectivity index (χ0n) is 5.33. The Hall–Kier alpha value is -1.19. The van der Waals surface area contributed by atoms with Crippen molar-refractivity contribution >= 4 is 0 Å². The van der Waals surface area contributed by atoms with Crippen LogP contribution in [0.1, 0.15) is 5.69 Å². The lowest BCUT2D eigenvalue weighted by Gasteiger charge is -1.91. The van der Waals surface area contributed by atoms with Gasteiger partial charge in [-0.1, -0.05) is 0 Å². The van der Waals surface area contributed by atoms with E-state index in [1.54, 1.807) is 20.2 Å². The van der Waals surface area contributed by atoms with Crippen LogP contribution in [0.5, 0.6) is 0 Å². The fourth-order valence-corrected chi connectivity index (χ4v) is 0.472. The Kier molecular flexibility index (Phi) is 1.30. The Morgan fingerprint density at radius 3 is 2.78 bits per heavy atom. The molecule has 4 nitrogen and oxygen atoms in total. The van der Waals surface area contributed by atoms with E-state index in [2.05, 4.69) is 10.1 Å². The zero-order chi connectivity index (χ0) is 6.85. The smallest absolute Gasteiger partial charge is 0.244 e. The molecule has 0 unspecified atom stereocenters. The van der Waals surface area contributed by atoms with E-state index in [1.165, 1.54) is 4.68 Å². The van der Waals surface area contributed by atoms with Crippen LogP contribution in [0.2, 0.25) is 0 Å². The van der Waals surface area contributed by atoms with Gasteiger partial charge in [-0.15, -0.1) is 0 Å². The van der Waals surface area contributed by atoms with Gasteiger partial charge in [-0.05, 0) is 6.92 Å². The molecule has 1 aromatic rings. The molecule has 1 heterocycles. The first-order valence-corrected chi connectivity index (χ1v) is 2.57. The van der Waals surface area contributed by atoms with Crippen molar-refractivity contribution in [1.82, 2.24) is 14.8 Å². The van der Waals surface area contributed by atoms with Gasteiger partial charge in [-0.2, -0.15) is 10.1 Å². The zero-order valence-corrected chi connectivity index (χ0v) is 5.33. The van der Waals surface area contributed by atoms with Crippen molar-refractivity contribution in [1.29, 1.82) is 0 Å². The minimum absolute atomic E-state index is 0.310. The summed E-state index contributed by atoms with van der Waals surface area (Å²) in [6.45, 7) is 1.73. The lowest BCUT2D eigenvalue weighted by atomic mass is 10.5. The molecule has 0 saturated carbocycles. The summed E-state index contributed by atoms with van der Waals surface area (Å²) in [5.41, 5.74) is 0.341. The van der Waals surface area contributed by atoms with Crippen LogP contribution in [0.4, 0.5) is 0 Å². The summed E-state index contributed by atoms with van der Waals surface area (Å²) < 4.78 is 1.19. The predicted molar refractivity (Wildman–Crippen MR) is 32.0 cm³/mol. The second kappa shape index (κ2) is 1.97. The van der Waals surface area contributed by atoms with Crippen LogP contribution in [0.25, 0.3) is 0 Å². The quantitative estimate of drug-likeness (QED) is 0.469. The van der Waals surface area contributed by atoms with Gasteiger partial charge < -0.3 is 0 Å². The summed E-state index contributed by atoms with van der Waals surface area (Å²) in [6.07, 6.45) is 1.54. The maximum absolute atomic E-state index is 10.6. The third-order valence-corrected chi connectivity index (χ3v) is 0.967. The fourth-order valence-electron chi connectivity index (χ4n) is 0.472. The predicted octanol–water partition coefficient (Wildman–Crippen LogP) is -0.516. The van der Waals surface area contributed by atoms with E-state index in [-0.39, 0.29) is 5.69 Å². The average Bonchev–Trinajstić information content (AvgIpc) is 1.80. The maximum atomic E-state index is 10.6. The summed E-state index contributed by atoms with van der Waals surface area (Å²) in [5.74, 6) is 0. The second-order valence-electron chi connectivity index (χ2n) is 1.80. The molecule has 0 radical (unpaired) electrons. The lowest BCUT2D eigenvalue weighted by Crippen LogP contribution is -2.22.